The fourth-order valence-corrected chi connectivity index (χ4v) is 3.18. The summed E-state index contributed by atoms with van der Waals surface area (Å²) in [4.78, 5) is 0. The lowest BCUT2D eigenvalue weighted by Crippen LogP contribution is -2.31. The van der Waals surface area contributed by atoms with Crippen LogP contribution in [-0.2, 0) is 4.74 Å². The molecule has 0 bridgehead atoms. The molecule has 21 heavy (non-hydrogen) atoms. The van der Waals surface area contributed by atoms with Crippen LogP contribution < -0.4 is 5.32 Å². The Hall–Kier alpha value is -1.69. The number of nitrogens with one attached hydrogen (secondary N) is 1. The first-order chi connectivity index (χ1) is 10.3. The number of fused-ring (bicyclic) bond motifs is 1. The van der Waals surface area contributed by atoms with Crippen LogP contribution in [0.1, 0.15) is 50.3 Å². The van der Waals surface area contributed by atoms with Crippen molar-refractivity contribution in [3.8, 4) is 0 Å². The molecule has 0 aliphatic heterocycles. The first kappa shape index (κ1) is 13.0. The minimum Gasteiger partial charge on any atom is -0.381 e. The van der Waals surface area contributed by atoms with Crippen molar-refractivity contribution < 1.29 is 4.74 Å². The molecule has 112 valence electrons. The van der Waals surface area contributed by atoms with Gasteiger partial charge >= 0.3 is 0 Å². The SMILES string of the molecule is COC1CCCC(Nc2ccc3nnc(C4CC4)n3n2)C1. The van der Waals surface area contributed by atoms with Crippen molar-refractivity contribution in [2.75, 3.05) is 12.4 Å². The van der Waals surface area contributed by atoms with Gasteiger partial charge < -0.3 is 10.1 Å². The number of ether oxygens (including phenoxy) is 1. The van der Waals surface area contributed by atoms with E-state index in [4.69, 9.17) is 4.74 Å². The van der Waals surface area contributed by atoms with Crippen LogP contribution in [0.3, 0.4) is 0 Å². The Labute approximate surface area is 123 Å². The summed E-state index contributed by atoms with van der Waals surface area (Å²) in [5, 5.41) is 16.7. The van der Waals surface area contributed by atoms with Gasteiger partial charge in [0, 0.05) is 19.1 Å². The number of methoxy groups -OCH3 is 1. The normalized spacial score (nSPS) is 26.1. The van der Waals surface area contributed by atoms with E-state index in [1.807, 2.05) is 16.6 Å². The largest absolute Gasteiger partial charge is 0.381 e. The Morgan fingerprint density at radius 2 is 2.10 bits per heavy atom. The van der Waals surface area contributed by atoms with Crippen LogP contribution in [0, 0.1) is 0 Å². The maximum absolute atomic E-state index is 5.49. The smallest absolute Gasteiger partial charge is 0.178 e. The fourth-order valence-electron chi connectivity index (χ4n) is 3.18. The summed E-state index contributed by atoms with van der Waals surface area (Å²) in [5.41, 5.74) is 0.834. The Morgan fingerprint density at radius 1 is 1.19 bits per heavy atom. The van der Waals surface area contributed by atoms with E-state index in [0.29, 0.717) is 18.1 Å². The summed E-state index contributed by atoms with van der Waals surface area (Å²) < 4.78 is 7.39. The summed E-state index contributed by atoms with van der Waals surface area (Å²) in [6, 6.07) is 4.43. The molecule has 2 heterocycles. The van der Waals surface area contributed by atoms with Crippen LogP contribution in [0.25, 0.3) is 5.65 Å². The van der Waals surface area contributed by atoms with Crippen molar-refractivity contribution in [2.45, 2.75) is 56.6 Å². The molecule has 1 N–H and O–H groups in total. The number of hydrogen-bond donors (Lipinski definition) is 1. The van der Waals surface area contributed by atoms with E-state index >= 15 is 0 Å². The number of anilines is 1. The second kappa shape index (κ2) is 5.26. The molecule has 0 amide bonds. The highest BCUT2D eigenvalue weighted by Crippen LogP contribution is 2.38. The average molecular weight is 287 g/mol. The molecule has 2 aliphatic rings. The molecule has 2 aliphatic carbocycles. The van der Waals surface area contributed by atoms with Crippen LogP contribution >= 0.6 is 0 Å². The molecule has 2 unspecified atom stereocenters. The van der Waals surface area contributed by atoms with Crippen molar-refractivity contribution in [3.63, 3.8) is 0 Å². The molecule has 4 rings (SSSR count). The summed E-state index contributed by atoms with van der Waals surface area (Å²) in [7, 11) is 1.80. The first-order valence-corrected chi connectivity index (χ1v) is 7.85. The predicted octanol–water partition coefficient (Wildman–Crippen LogP) is 2.37. The van der Waals surface area contributed by atoms with E-state index in [-0.39, 0.29) is 0 Å². The second-order valence-electron chi connectivity index (χ2n) is 6.19. The third kappa shape index (κ3) is 2.60. The lowest BCUT2D eigenvalue weighted by molar-refractivity contribution is 0.0669. The molecule has 2 saturated carbocycles. The standard InChI is InChI=1S/C15H21N5O/c1-21-12-4-2-3-11(9-12)16-13-7-8-14-17-18-15(10-5-6-10)20(14)19-13/h7-8,10-12H,2-6,9H2,1H3,(H,16,19). The number of aromatic nitrogens is 4. The molecule has 0 spiro atoms. The molecule has 2 aromatic heterocycles. The minimum atomic E-state index is 0.372. The van der Waals surface area contributed by atoms with Gasteiger partial charge in [-0.05, 0) is 50.7 Å². The van der Waals surface area contributed by atoms with Gasteiger partial charge in [0.1, 0.15) is 5.82 Å². The molecular formula is C15H21N5O. The Bertz CT molecular complexity index is 636. The zero-order chi connectivity index (χ0) is 14.2. The van der Waals surface area contributed by atoms with Crippen LogP contribution in [0.15, 0.2) is 12.1 Å². The summed E-state index contributed by atoms with van der Waals surface area (Å²) in [6.07, 6.45) is 7.38. The van der Waals surface area contributed by atoms with Crippen LogP contribution in [0.5, 0.6) is 0 Å². The zero-order valence-electron chi connectivity index (χ0n) is 12.3. The quantitative estimate of drug-likeness (QED) is 0.935. The third-order valence-electron chi connectivity index (χ3n) is 4.54. The van der Waals surface area contributed by atoms with Gasteiger partial charge in [0.25, 0.3) is 0 Å². The molecule has 2 fully saturated rings. The summed E-state index contributed by atoms with van der Waals surface area (Å²) in [6.45, 7) is 0. The predicted molar refractivity (Wildman–Crippen MR) is 79.4 cm³/mol. The van der Waals surface area contributed by atoms with Crippen LogP contribution in [0.2, 0.25) is 0 Å². The van der Waals surface area contributed by atoms with E-state index in [1.165, 1.54) is 32.1 Å². The molecule has 2 aromatic rings. The molecule has 0 saturated heterocycles. The molecular weight excluding hydrogens is 266 g/mol. The number of nitrogens with zero attached hydrogens (tertiary/aromatic N) is 4. The maximum Gasteiger partial charge on any atom is 0.178 e. The van der Waals surface area contributed by atoms with Gasteiger partial charge in [-0.3, -0.25) is 0 Å². The molecule has 6 heteroatoms. The van der Waals surface area contributed by atoms with Gasteiger partial charge in [0.15, 0.2) is 11.5 Å². The lowest BCUT2D eigenvalue weighted by Gasteiger charge is -2.29. The highest BCUT2D eigenvalue weighted by Gasteiger charge is 2.29. The lowest BCUT2D eigenvalue weighted by atomic mass is 9.93. The van der Waals surface area contributed by atoms with E-state index < -0.39 is 0 Å². The van der Waals surface area contributed by atoms with Crippen molar-refractivity contribution in [2.24, 2.45) is 0 Å². The van der Waals surface area contributed by atoms with Gasteiger partial charge in [-0.15, -0.1) is 15.3 Å². The Morgan fingerprint density at radius 3 is 2.90 bits per heavy atom. The monoisotopic (exact) mass is 287 g/mol. The topological polar surface area (TPSA) is 64.3 Å². The average Bonchev–Trinajstić information content (AvgIpc) is 3.27. The molecule has 6 nitrogen and oxygen atoms in total. The maximum atomic E-state index is 5.49. The Kier molecular flexibility index (Phi) is 3.25. The first-order valence-electron chi connectivity index (χ1n) is 7.85. The van der Waals surface area contributed by atoms with E-state index in [1.54, 1.807) is 7.11 Å². The summed E-state index contributed by atoms with van der Waals surface area (Å²) in [5.74, 6) is 2.47. The highest BCUT2D eigenvalue weighted by molar-refractivity contribution is 5.45. The van der Waals surface area contributed by atoms with Crippen molar-refractivity contribution in [3.05, 3.63) is 18.0 Å². The molecule has 0 radical (unpaired) electrons. The van der Waals surface area contributed by atoms with Crippen molar-refractivity contribution in [1.29, 1.82) is 0 Å². The number of hydrogen-bond acceptors (Lipinski definition) is 5. The van der Waals surface area contributed by atoms with Gasteiger partial charge in [-0.1, -0.05) is 0 Å². The van der Waals surface area contributed by atoms with E-state index in [9.17, 15) is 0 Å². The highest BCUT2D eigenvalue weighted by atomic mass is 16.5. The van der Waals surface area contributed by atoms with E-state index in [0.717, 1.165) is 23.7 Å². The van der Waals surface area contributed by atoms with Crippen molar-refractivity contribution >= 4 is 11.5 Å². The van der Waals surface area contributed by atoms with Crippen LogP contribution in [-0.4, -0.2) is 39.1 Å². The minimum absolute atomic E-state index is 0.372. The fraction of sp³-hybridized carbons (Fsp3) is 0.667. The van der Waals surface area contributed by atoms with Crippen LogP contribution in [0.4, 0.5) is 5.82 Å². The summed E-state index contributed by atoms with van der Waals surface area (Å²) >= 11 is 0. The van der Waals surface area contributed by atoms with Gasteiger partial charge in [-0.2, -0.15) is 4.52 Å². The van der Waals surface area contributed by atoms with Gasteiger partial charge in [-0.25, -0.2) is 0 Å². The van der Waals surface area contributed by atoms with Crippen molar-refractivity contribution in [1.82, 2.24) is 19.8 Å². The number of rotatable bonds is 4. The second-order valence-corrected chi connectivity index (χ2v) is 6.19. The van der Waals surface area contributed by atoms with E-state index in [2.05, 4.69) is 20.6 Å². The third-order valence-corrected chi connectivity index (χ3v) is 4.54. The molecule has 0 aromatic carbocycles. The Balaban J connectivity index is 1.54. The van der Waals surface area contributed by atoms with Gasteiger partial charge in [0.2, 0.25) is 0 Å². The molecule has 2 atom stereocenters. The zero-order valence-corrected chi connectivity index (χ0v) is 12.3. The van der Waals surface area contributed by atoms with Gasteiger partial charge in [0.05, 0.1) is 6.10 Å².